The molecule has 0 bridgehead atoms. The Morgan fingerprint density at radius 1 is 1.23 bits per heavy atom. The summed E-state index contributed by atoms with van der Waals surface area (Å²) in [6.45, 7) is 0.188. The van der Waals surface area contributed by atoms with E-state index in [1.807, 2.05) is 0 Å². The second-order valence-electron chi connectivity index (χ2n) is 6.46. The van der Waals surface area contributed by atoms with Crippen LogP contribution in [0.15, 0.2) is 30.6 Å². The monoisotopic (exact) mass is 431 g/mol. The first-order chi connectivity index (χ1) is 14.4. The molecule has 2 N–H and O–H groups in total. The number of hydrogen-bond acceptors (Lipinski definition) is 7. The molecule has 1 atom stereocenters. The zero-order valence-electron chi connectivity index (χ0n) is 16.6. The van der Waals surface area contributed by atoms with Gasteiger partial charge in [0.05, 0.1) is 18.4 Å². The van der Waals surface area contributed by atoms with Gasteiger partial charge in [0.15, 0.2) is 0 Å². The van der Waals surface area contributed by atoms with Crippen molar-refractivity contribution >= 4 is 41.7 Å². The van der Waals surface area contributed by atoms with E-state index < -0.39 is 11.9 Å². The summed E-state index contributed by atoms with van der Waals surface area (Å²) in [5.74, 6) is -0.764. The van der Waals surface area contributed by atoms with Crippen molar-refractivity contribution in [2.75, 3.05) is 19.4 Å². The fraction of sp³-hybridized carbons (Fsp3) is 0.300. The number of likely N-dealkylation sites (N-methyl/N-ethyl adjacent to an activating group) is 2. The van der Waals surface area contributed by atoms with Crippen molar-refractivity contribution in [3.05, 3.63) is 52.6 Å². The summed E-state index contributed by atoms with van der Waals surface area (Å²) in [5.41, 5.74) is 1.36. The van der Waals surface area contributed by atoms with Crippen molar-refractivity contribution in [1.82, 2.24) is 20.2 Å². The van der Waals surface area contributed by atoms with Gasteiger partial charge in [-0.15, -0.1) is 0 Å². The van der Waals surface area contributed by atoms with Crippen LogP contribution in [0.5, 0.6) is 0 Å². The second-order valence-corrected chi connectivity index (χ2v) is 6.85. The molecule has 10 heteroatoms. The lowest BCUT2D eigenvalue weighted by atomic mass is 10.0. The molecule has 1 aromatic heterocycles. The summed E-state index contributed by atoms with van der Waals surface area (Å²) >= 11 is 5.70. The minimum absolute atomic E-state index is 0.0597. The van der Waals surface area contributed by atoms with Crippen molar-refractivity contribution in [2.45, 2.75) is 25.4 Å². The predicted molar refractivity (Wildman–Crippen MR) is 111 cm³/mol. The fourth-order valence-electron chi connectivity index (χ4n) is 2.93. The third-order valence-corrected chi connectivity index (χ3v) is 4.68. The molecule has 1 aromatic carbocycles. The van der Waals surface area contributed by atoms with E-state index in [-0.39, 0.29) is 29.7 Å². The SMILES string of the molecule is CNC(=O)C(CCC=O)N(C)Cc1c(C=O)cccc1NC(=O)c1cnc(Cl)cn1. The largest absolute Gasteiger partial charge is 0.358 e. The highest BCUT2D eigenvalue weighted by molar-refractivity contribution is 6.29. The first-order valence-corrected chi connectivity index (χ1v) is 9.50. The summed E-state index contributed by atoms with van der Waals surface area (Å²) in [7, 11) is 3.23. The van der Waals surface area contributed by atoms with Gasteiger partial charge in [-0.1, -0.05) is 23.7 Å². The molecule has 0 fully saturated rings. The van der Waals surface area contributed by atoms with Gasteiger partial charge in [-0.2, -0.15) is 0 Å². The van der Waals surface area contributed by atoms with Crippen molar-refractivity contribution in [2.24, 2.45) is 0 Å². The normalized spacial score (nSPS) is 11.6. The van der Waals surface area contributed by atoms with Crippen LogP contribution in [0.4, 0.5) is 5.69 Å². The molecular formula is C20H22ClN5O4. The predicted octanol–water partition coefficient (Wildman–Crippen LogP) is 1.72. The maximum Gasteiger partial charge on any atom is 0.275 e. The zero-order chi connectivity index (χ0) is 22.1. The van der Waals surface area contributed by atoms with Gasteiger partial charge in [-0.05, 0) is 19.5 Å². The lowest BCUT2D eigenvalue weighted by Crippen LogP contribution is -2.44. The van der Waals surface area contributed by atoms with Gasteiger partial charge in [-0.3, -0.25) is 19.3 Å². The third kappa shape index (κ3) is 5.91. The Morgan fingerprint density at radius 3 is 2.60 bits per heavy atom. The average molecular weight is 432 g/mol. The Hall–Kier alpha value is -3.17. The Morgan fingerprint density at radius 2 is 2.00 bits per heavy atom. The van der Waals surface area contributed by atoms with E-state index in [0.717, 1.165) is 6.29 Å². The zero-order valence-corrected chi connectivity index (χ0v) is 17.3. The maximum absolute atomic E-state index is 12.5. The quantitative estimate of drug-likeness (QED) is 0.549. The molecule has 0 spiro atoms. The van der Waals surface area contributed by atoms with E-state index in [1.165, 1.54) is 19.4 Å². The minimum atomic E-state index is -0.578. The van der Waals surface area contributed by atoms with Crippen LogP contribution in [0.3, 0.4) is 0 Å². The second kappa shape index (κ2) is 11.1. The number of amides is 2. The van der Waals surface area contributed by atoms with Gasteiger partial charge in [0, 0.05) is 36.8 Å². The number of hydrogen-bond donors (Lipinski definition) is 2. The lowest BCUT2D eigenvalue weighted by Gasteiger charge is -2.27. The number of carbonyl (C=O) groups is 4. The van der Waals surface area contributed by atoms with E-state index >= 15 is 0 Å². The molecule has 9 nitrogen and oxygen atoms in total. The summed E-state index contributed by atoms with van der Waals surface area (Å²) in [6.07, 6.45) is 4.48. The van der Waals surface area contributed by atoms with Gasteiger partial charge in [0.1, 0.15) is 23.4 Å². The molecular weight excluding hydrogens is 410 g/mol. The molecule has 0 aliphatic rings. The van der Waals surface area contributed by atoms with Crippen molar-refractivity contribution in [3.63, 3.8) is 0 Å². The average Bonchev–Trinajstić information content (AvgIpc) is 2.75. The molecule has 2 rings (SSSR count). The number of aldehydes is 2. The molecule has 2 aromatic rings. The molecule has 1 heterocycles. The van der Waals surface area contributed by atoms with Crippen LogP contribution in [0.1, 0.15) is 39.3 Å². The Balaban J connectivity index is 2.30. The van der Waals surface area contributed by atoms with Gasteiger partial charge in [-0.25, -0.2) is 9.97 Å². The smallest absolute Gasteiger partial charge is 0.275 e. The molecule has 30 heavy (non-hydrogen) atoms. The van der Waals surface area contributed by atoms with E-state index in [9.17, 15) is 19.2 Å². The van der Waals surface area contributed by atoms with Crippen LogP contribution in [0.25, 0.3) is 0 Å². The van der Waals surface area contributed by atoms with Crippen molar-refractivity contribution in [1.29, 1.82) is 0 Å². The maximum atomic E-state index is 12.5. The summed E-state index contributed by atoms with van der Waals surface area (Å²) in [6, 6.07) is 4.33. The van der Waals surface area contributed by atoms with Crippen molar-refractivity contribution < 1.29 is 19.2 Å². The highest BCUT2D eigenvalue weighted by Gasteiger charge is 2.24. The number of rotatable bonds is 10. The Labute approximate surface area is 178 Å². The van der Waals surface area contributed by atoms with Gasteiger partial charge in [0.25, 0.3) is 5.91 Å². The molecule has 0 aliphatic carbocycles. The minimum Gasteiger partial charge on any atom is -0.358 e. The molecule has 2 amide bonds. The van der Waals surface area contributed by atoms with E-state index in [4.69, 9.17) is 11.6 Å². The van der Waals surface area contributed by atoms with Crippen LogP contribution in [0, 0.1) is 0 Å². The molecule has 158 valence electrons. The Kier molecular flexibility index (Phi) is 8.57. The molecule has 0 aliphatic heterocycles. The standard InChI is InChI=1S/C20H22ClN5O4/c1-22-20(30)17(7-4-8-27)26(2)11-14-13(12-28)5-3-6-15(14)25-19(29)16-9-24-18(21)10-23-16/h3,5-6,8-10,12,17H,4,7,11H2,1-2H3,(H,22,30)(H,25,29). The highest BCUT2D eigenvalue weighted by Crippen LogP contribution is 2.23. The van der Waals surface area contributed by atoms with Gasteiger partial charge < -0.3 is 15.4 Å². The lowest BCUT2D eigenvalue weighted by molar-refractivity contribution is -0.126. The fourth-order valence-corrected chi connectivity index (χ4v) is 3.03. The first kappa shape index (κ1) is 23.1. The van der Waals surface area contributed by atoms with Crippen molar-refractivity contribution in [3.8, 4) is 0 Å². The molecule has 0 saturated heterocycles. The third-order valence-electron chi connectivity index (χ3n) is 4.49. The Bertz CT molecular complexity index is 920. The van der Waals surface area contributed by atoms with Crippen LogP contribution in [-0.2, 0) is 16.1 Å². The summed E-state index contributed by atoms with van der Waals surface area (Å²) < 4.78 is 0. The van der Waals surface area contributed by atoms with Crippen LogP contribution >= 0.6 is 11.6 Å². The van der Waals surface area contributed by atoms with Crippen LogP contribution < -0.4 is 10.6 Å². The number of aromatic nitrogens is 2. The highest BCUT2D eigenvalue weighted by atomic mass is 35.5. The number of carbonyl (C=O) groups excluding carboxylic acids is 4. The topological polar surface area (TPSA) is 121 Å². The van der Waals surface area contributed by atoms with Gasteiger partial charge >= 0.3 is 0 Å². The molecule has 0 saturated carbocycles. The van der Waals surface area contributed by atoms with Crippen LogP contribution in [0.2, 0.25) is 5.15 Å². The number of nitrogens with one attached hydrogen (secondary N) is 2. The number of nitrogens with zero attached hydrogens (tertiary/aromatic N) is 3. The summed E-state index contributed by atoms with van der Waals surface area (Å²) in [4.78, 5) is 56.6. The van der Waals surface area contributed by atoms with E-state index in [0.29, 0.717) is 29.5 Å². The van der Waals surface area contributed by atoms with Gasteiger partial charge in [0.2, 0.25) is 5.91 Å². The number of anilines is 1. The van der Waals surface area contributed by atoms with E-state index in [2.05, 4.69) is 20.6 Å². The first-order valence-electron chi connectivity index (χ1n) is 9.12. The van der Waals surface area contributed by atoms with E-state index in [1.54, 1.807) is 30.1 Å². The number of halogens is 1. The molecule has 1 unspecified atom stereocenters. The summed E-state index contributed by atoms with van der Waals surface area (Å²) in [5, 5.41) is 5.46. The number of benzene rings is 1. The van der Waals surface area contributed by atoms with Crippen LogP contribution in [-0.4, -0.2) is 59.4 Å². The molecule has 0 radical (unpaired) electrons.